The van der Waals surface area contributed by atoms with Crippen LogP contribution in [-0.2, 0) is 0 Å². The molecule has 0 aliphatic carbocycles. The molecular formula is C27H38N6O3. The Morgan fingerprint density at radius 3 is 1.97 bits per heavy atom. The summed E-state index contributed by atoms with van der Waals surface area (Å²) in [5.74, 6) is 0.925. The molecule has 0 bridgehead atoms. The average molecular weight is 495 g/mol. The molecule has 2 aliphatic rings. The van der Waals surface area contributed by atoms with Gasteiger partial charge >= 0.3 is 0 Å². The molecule has 9 heteroatoms. The number of anilines is 2. The van der Waals surface area contributed by atoms with E-state index >= 15 is 0 Å². The highest BCUT2D eigenvalue weighted by Crippen LogP contribution is 2.25. The summed E-state index contributed by atoms with van der Waals surface area (Å²) in [5.41, 5.74) is 2.23. The van der Waals surface area contributed by atoms with E-state index in [1.54, 1.807) is 30.5 Å². The van der Waals surface area contributed by atoms with Crippen molar-refractivity contribution in [3.8, 4) is 0 Å². The van der Waals surface area contributed by atoms with Gasteiger partial charge in [-0.2, -0.15) is 0 Å². The molecule has 4 rings (SSSR count). The molecule has 0 unspecified atom stereocenters. The molecule has 0 radical (unpaired) electrons. The molecule has 0 spiro atoms. The topological polar surface area (TPSA) is 92.2 Å². The molecule has 2 aliphatic heterocycles. The number of piperazine rings is 2. The van der Waals surface area contributed by atoms with Crippen LogP contribution in [0.3, 0.4) is 0 Å². The van der Waals surface area contributed by atoms with Gasteiger partial charge in [-0.05, 0) is 56.7 Å². The highest BCUT2D eigenvalue weighted by atomic mass is 16.3. The van der Waals surface area contributed by atoms with Crippen molar-refractivity contribution in [2.75, 3.05) is 75.7 Å². The maximum absolute atomic E-state index is 13.1. The number of aromatic nitrogens is 1. The number of pyridine rings is 1. The molecule has 9 nitrogen and oxygen atoms in total. The SMILES string of the molecule is CC(C)Nc1cccnc1N1CCN(C(=O)c2ccc(C(=O)N3CCN(CCCO)CC3)cc2)CC1. The average Bonchev–Trinajstić information content (AvgIpc) is 2.91. The molecule has 0 atom stereocenters. The first-order valence-corrected chi connectivity index (χ1v) is 12.9. The Kier molecular flexibility index (Phi) is 8.77. The lowest BCUT2D eigenvalue weighted by molar-refractivity contribution is 0.0628. The summed E-state index contributed by atoms with van der Waals surface area (Å²) in [6.45, 7) is 11.0. The number of nitrogens with zero attached hydrogens (tertiary/aromatic N) is 5. The second kappa shape index (κ2) is 12.2. The molecule has 2 aromatic rings. The molecule has 2 saturated heterocycles. The fourth-order valence-corrected chi connectivity index (χ4v) is 4.78. The summed E-state index contributed by atoms with van der Waals surface area (Å²) in [6, 6.07) is 11.4. The molecular weight excluding hydrogens is 456 g/mol. The lowest BCUT2D eigenvalue weighted by atomic mass is 10.1. The van der Waals surface area contributed by atoms with Crippen molar-refractivity contribution in [1.29, 1.82) is 0 Å². The summed E-state index contributed by atoms with van der Waals surface area (Å²) < 4.78 is 0. The lowest BCUT2D eigenvalue weighted by Crippen LogP contribution is -2.49. The number of aliphatic hydroxyl groups excluding tert-OH is 1. The largest absolute Gasteiger partial charge is 0.396 e. The van der Waals surface area contributed by atoms with Crippen LogP contribution < -0.4 is 10.2 Å². The van der Waals surface area contributed by atoms with Gasteiger partial charge in [-0.3, -0.25) is 14.5 Å². The van der Waals surface area contributed by atoms with E-state index in [2.05, 4.69) is 33.9 Å². The van der Waals surface area contributed by atoms with Crippen LogP contribution in [0.15, 0.2) is 42.6 Å². The van der Waals surface area contributed by atoms with Crippen LogP contribution in [0.2, 0.25) is 0 Å². The van der Waals surface area contributed by atoms with Crippen LogP contribution in [0, 0.1) is 0 Å². The Morgan fingerprint density at radius 2 is 1.44 bits per heavy atom. The Bertz CT molecular complexity index is 1010. The van der Waals surface area contributed by atoms with E-state index in [1.165, 1.54) is 0 Å². The molecule has 3 heterocycles. The van der Waals surface area contributed by atoms with Crippen LogP contribution in [0.1, 0.15) is 41.0 Å². The number of amides is 2. The summed E-state index contributed by atoms with van der Waals surface area (Å²) in [4.78, 5) is 38.9. The Labute approximate surface area is 213 Å². The molecule has 36 heavy (non-hydrogen) atoms. The minimum absolute atomic E-state index is 0.00518. The number of hydrogen-bond donors (Lipinski definition) is 2. The third-order valence-corrected chi connectivity index (χ3v) is 6.77. The third-order valence-electron chi connectivity index (χ3n) is 6.77. The summed E-state index contributed by atoms with van der Waals surface area (Å²) in [5, 5.41) is 12.5. The number of rotatable bonds is 8. The number of carbonyl (C=O) groups is 2. The van der Waals surface area contributed by atoms with Crippen LogP contribution in [0.4, 0.5) is 11.5 Å². The van der Waals surface area contributed by atoms with Gasteiger partial charge in [0.15, 0.2) is 5.82 Å². The lowest BCUT2D eigenvalue weighted by Gasteiger charge is -2.36. The van der Waals surface area contributed by atoms with E-state index in [0.29, 0.717) is 43.3 Å². The van der Waals surface area contributed by atoms with Crippen molar-refractivity contribution >= 4 is 23.3 Å². The van der Waals surface area contributed by atoms with Crippen molar-refractivity contribution in [2.45, 2.75) is 26.3 Å². The van der Waals surface area contributed by atoms with Crippen LogP contribution in [0.5, 0.6) is 0 Å². The van der Waals surface area contributed by atoms with Crippen LogP contribution in [-0.4, -0.2) is 108 Å². The van der Waals surface area contributed by atoms with Crippen LogP contribution in [0.25, 0.3) is 0 Å². The van der Waals surface area contributed by atoms with E-state index in [0.717, 1.165) is 50.6 Å². The minimum Gasteiger partial charge on any atom is -0.396 e. The van der Waals surface area contributed by atoms with Crippen molar-refractivity contribution < 1.29 is 14.7 Å². The predicted molar refractivity (Wildman–Crippen MR) is 142 cm³/mol. The minimum atomic E-state index is -0.00676. The Morgan fingerprint density at radius 1 is 0.889 bits per heavy atom. The summed E-state index contributed by atoms with van der Waals surface area (Å²) in [6.07, 6.45) is 2.57. The number of hydrogen-bond acceptors (Lipinski definition) is 7. The third kappa shape index (κ3) is 6.33. The normalized spacial score (nSPS) is 16.9. The zero-order chi connectivity index (χ0) is 25.5. The second-order valence-electron chi connectivity index (χ2n) is 9.74. The number of carbonyl (C=O) groups excluding carboxylic acids is 2. The van der Waals surface area contributed by atoms with Gasteiger partial charge < -0.3 is 25.1 Å². The zero-order valence-corrected chi connectivity index (χ0v) is 21.4. The number of nitrogens with one attached hydrogen (secondary N) is 1. The smallest absolute Gasteiger partial charge is 0.253 e. The van der Waals surface area contributed by atoms with Gasteiger partial charge in [0.25, 0.3) is 11.8 Å². The van der Waals surface area contributed by atoms with E-state index < -0.39 is 0 Å². The van der Waals surface area contributed by atoms with Crippen molar-refractivity contribution in [3.63, 3.8) is 0 Å². The molecule has 1 aromatic heterocycles. The fourth-order valence-electron chi connectivity index (χ4n) is 4.78. The van der Waals surface area contributed by atoms with Gasteiger partial charge in [0.05, 0.1) is 5.69 Å². The maximum atomic E-state index is 13.1. The second-order valence-corrected chi connectivity index (χ2v) is 9.74. The van der Waals surface area contributed by atoms with Crippen molar-refractivity contribution in [3.05, 3.63) is 53.7 Å². The zero-order valence-electron chi connectivity index (χ0n) is 21.4. The van der Waals surface area contributed by atoms with E-state index in [-0.39, 0.29) is 18.4 Å². The van der Waals surface area contributed by atoms with Crippen molar-refractivity contribution in [2.24, 2.45) is 0 Å². The molecule has 0 saturated carbocycles. The number of benzene rings is 1. The Hall–Kier alpha value is -3.17. The van der Waals surface area contributed by atoms with Gasteiger partial charge in [-0.1, -0.05) is 0 Å². The molecule has 1 aromatic carbocycles. The highest BCUT2D eigenvalue weighted by Gasteiger charge is 2.25. The highest BCUT2D eigenvalue weighted by molar-refractivity contribution is 5.98. The van der Waals surface area contributed by atoms with E-state index in [4.69, 9.17) is 5.11 Å². The molecule has 2 N–H and O–H groups in total. The number of aliphatic hydroxyl groups is 1. The van der Waals surface area contributed by atoms with Gasteiger partial charge in [0.1, 0.15) is 0 Å². The van der Waals surface area contributed by atoms with Gasteiger partial charge in [0.2, 0.25) is 0 Å². The molecule has 2 fully saturated rings. The maximum Gasteiger partial charge on any atom is 0.253 e. The first-order valence-electron chi connectivity index (χ1n) is 12.9. The van der Waals surface area contributed by atoms with Crippen molar-refractivity contribution in [1.82, 2.24) is 19.7 Å². The monoisotopic (exact) mass is 494 g/mol. The summed E-state index contributed by atoms with van der Waals surface area (Å²) in [7, 11) is 0. The Balaban J connectivity index is 1.30. The molecule has 194 valence electrons. The first kappa shape index (κ1) is 25.9. The van der Waals surface area contributed by atoms with Gasteiger partial charge in [-0.15, -0.1) is 0 Å². The standard InChI is InChI=1S/C27H38N6O3/c1-21(2)29-24-5-3-10-28-25(24)31-16-18-33(19-17-31)27(36)23-8-6-22(7-9-23)26(35)32-14-12-30(13-15-32)11-4-20-34/h3,5-10,21,29,34H,4,11-20H2,1-2H3. The first-order chi connectivity index (χ1) is 17.5. The predicted octanol–water partition coefficient (Wildman–Crippen LogP) is 2.00. The van der Waals surface area contributed by atoms with Gasteiger partial charge in [-0.25, -0.2) is 4.98 Å². The van der Waals surface area contributed by atoms with Gasteiger partial charge in [0, 0.05) is 88.9 Å². The summed E-state index contributed by atoms with van der Waals surface area (Å²) >= 11 is 0. The van der Waals surface area contributed by atoms with E-state index in [9.17, 15) is 9.59 Å². The van der Waals surface area contributed by atoms with Crippen LogP contribution >= 0.6 is 0 Å². The molecule has 2 amide bonds. The van der Waals surface area contributed by atoms with E-state index in [1.807, 2.05) is 21.9 Å². The fraction of sp³-hybridized carbons (Fsp3) is 0.519. The quantitative estimate of drug-likeness (QED) is 0.580.